The van der Waals surface area contributed by atoms with Gasteiger partial charge in [-0.15, -0.1) is 0 Å². The fraction of sp³-hybridized carbons (Fsp3) is 0.222. The Kier molecular flexibility index (Phi) is 3.23. The Morgan fingerprint density at radius 3 is 2.28 bits per heavy atom. The molecular weight excluding hydrogens is 328 g/mol. The van der Waals surface area contributed by atoms with E-state index in [1.807, 2.05) is 0 Å². The molecule has 2 aliphatic rings. The van der Waals surface area contributed by atoms with E-state index in [1.165, 1.54) is 0 Å². The Hall–Kier alpha value is -3.06. The lowest BCUT2D eigenvalue weighted by Gasteiger charge is -2.23. The number of hydrogen-bond acceptors (Lipinski definition) is 7. The smallest absolute Gasteiger partial charge is 0.201 e. The third-order valence-corrected chi connectivity index (χ3v) is 4.62. The summed E-state index contributed by atoms with van der Waals surface area (Å²) < 4.78 is 5.46. The Labute approximate surface area is 141 Å². The predicted octanol–water partition coefficient (Wildman–Crippen LogP) is 2.14. The van der Waals surface area contributed by atoms with Gasteiger partial charge in [0.25, 0.3) is 0 Å². The highest BCUT2D eigenvalue weighted by Gasteiger charge is 2.38. The fourth-order valence-electron chi connectivity index (χ4n) is 3.50. The van der Waals surface area contributed by atoms with Crippen LogP contribution in [-0.2, 0) is 4.74 Å². The van der Waals surface area contributed by atoms with E-state index in [-0.39, 0.29) is 39.3 Å². The van der Waals surface area contributed by atoms with Crippen molar-refractivity contribution in [1.82, 2.24) is 0 Å². The number of rotatable bonds is 1. The summed E-state index contributed by atoms with van der Waals surface area (Å²) in [7, 11) is 0. The van der Waals surface area contributed by atoms with E-state index < -0.39 is 29.2 Å². The number of hydrogen-bond donors (Lipinski definition) is 4. The van der Waals surface area contributed by atoms with Crippen molar-refractivity contribution in [3.05, 3.63) is 46.0 Å². The Morgan fingerprint density at radius 1 is 0.880 bits per heavy atom. The first-order valence-electron chi connectivity index (χ1n) is 7.76. The number of ether oxygens (including phenoxy) is 1. The Morgan fingerprint density at radius 2 is 1.60 bits per heavy atom. The van der Waals surface area contributed by atoms with Gasteiger partial charge < -0.3 is 25.2 Å². The molecule has 0 bridgehead atoms. The molecule has 4 N–H and O–H groups in total. The maximum atomic E-state index is 12.8. The zero-order valence-corrected chi connectivity index (χ0v) is 12.9. The second-order valence-electron chi connectivity index (χ2n) is 6.13. The summed E-state index contributed by atoms with van der Waals surface area (Å²) in [5.41, 5.74) is -0.853. The minimum atomic E-state index is -0.751. The second-order valence-corrected chi connectivity index (χ2v) is 6.13. The lowest BCUT2D eigenvalue weighted by Crippen LogP contribution is -2.22. The van der Waals surface area contributed by atoms with Gasteiger partial charge in [0.1, 0.15) is 23.0 Å². The SMILES string of the molecule is O=C1c2cc(O)cc(O)c2C(=O)c2c1cc(O)c([C@H]1CCCO1)c2O. The third-order valence-electron chi connectivity index (χ3n) is 4.62. The molecule has 25 heavy (non-hydrogen) atoms. The van der Waals surface area contributed by atoms with E-state index in [9.17, 15) is 30.0 Å². The van der Waals surface area contributed by atoms with Gasteiger partial charge in [0.2, 0.25) is 5.78 Å². The summed E-state index contributed by atoms with van der Waals surface area (Å²) in [6.45, 7) is 0.469. The summed E-state index contributed by atoms with van der Waals surface area (Å²) in [6.07, 6.45) is 0.747. The number of ketones is 2. The van der Waals surface area contributed by atoms with Gasteiger partial charge in [-0.2, -0.15) is 0 Å². The first-order chi connectivity index (χ1) is 11.9. The molecule has 0 amide bonds. The van der Waals surface area contributed by atoms with Crippen LogP contribution in [0, 0.1) is 0 Å². The average Bonchev–Trinajstić information content (AvgIpc) is 3.05. The normalized spacial score (nSPS) is 19.0. The van der Waals surface area contributed by atoms with E-state index in [1.54, 1.807) is 0 Å². The molecule has 1 saturated heterocycles. The van der Waals surface area contributed by atoms with Crippen LogP contribution < -0.4 is 0 Å². The molecule has 1 fully saturated rings. The summed E-state index contributed by atoms with van der Waals surface area (Å²) >= 11 is 0. The molecule has 0 aromatic heterocycles. The van der Waals surface area contributed by atoms with Crippen molar-refractivity contribution in [1.29, 1.82) is 0 Å². The van der Waals surface area contributed by atoms with Crippen LogP contribution in [0.15, 0.2) is 18.2 Å². The molecule has 7 heteroatoms. The lowest BCUT2D eigenvalue weighted by atomic mass is 9.81. The van der Waals surface area contributed by atoms with Gasteiger partial charge in [-0.3, -0.25) is 9.59 Å². The summed E-state index contributed by atoms with van der Waals surface area (Å²) in [5, 5.41) is 40.4. The van der Waals surface area contributed by atoms with Crippen LogP contribution in [0.4, 0.5) is 0 Å². The average molecular weight is 342 g/mol. The van der Waals surface area contributed by atoms with Gasteiger partial charge in [-0.1, -0.05) is 0 Å². The van der Waals surface area contributed by atoms with E-state index in [4.69, 9.17) is 4.74 Å². The van der Waals surface area contributed by atoms with Crippen LogP contribution in [0.1, 0.15) is 56.4 Å². The highest BCUT2D eigenvalue weighted by molar-refractivity contribution is 6.30. The molecule has 0 radical (unpaired) electrons. The number of phenols is 4. The number of benzene rings is 2. The number of carbonyl (C=O) groups is 2. The van der Waals surface area contributed by atoms with Gasteiger partial charge in [0.15, 0.2) is 5.78 Å². The standard InChI is InChI=1S/C18H14O7/c19-7-4-8-13(10(20)5-7)17(23)14-9(16(8)22)6-11(21)15(18(14)24)12-2-1-3-25-12/h4-6,12,19-21,24H,1-3H2/t12-/m1/s1. The first-order valence-corrected chi connectivity index (χ1v) is 7.76. The van der Waals surface area contributed by atoms with Crippen molar-refractivity contribution in [2.75, 3.05) is 6.61 Å². The molecule has 0 unspecified atom stereocenters. The minimum Gasteiger partial charge on any atom is -0.508 e. The number of phenolic OH excluding ortho intramolecular Hbond substituents is 4. The highest BCUT2D eigenvalue weighted by atomic mass is 16.5. The minimum absolute atomic E-state index is 0.0686. The second kappa shape index (κ2) is 5.22. The molecule has 2 aromatic rings. The van der Waals surface area contributed by atoms with E-state index in [0.717, 1.165) is 24.6 Å². The maximum Gasteiger partial charge on any atom is 0.201 e. The zero-order chi connectivity index (χ0) is 17.9. The fourth-order valence-corrected chi connectivity index (χ4v) is 3.50. The Balaban J connectivity index is 1.98. The maximum absolute atomic E-state index is 12.8. The molecule has 0 spiro atoms. The van der Waals surface area contributed by atoms with Gasteiger partial charge in [0.05, 0.1) is 22.8 Å². The summed E-state index contributed by atoms with van der Waals surface area (Å²) in [6, 6.07) is 3.14. The van der Waals surface area contributed by atoms with E-state index in [2.05, 4.69) is 0 Å². The van der Waals surface area contributed by atoms with Crippen LogP contribution in [0.2, 0.25) is 0 Å². The highest BCUT2D eigenvalue weighted by Crippen LogP contribution is 2.46. The molecule has 1 heterocycles. The molecule has 1 atom stereocenters. The van der Waals surface area contributed by atoms with E-state index in [0.29, 0.717) is 13.0 Å². The van der Waals surface area contributed by atoms with Crippen molar-refractivity contribution in [3.8, 4) is 23.0 Å². The number of fused-ring (bicyclic) bond motifs is 2. The topological polar surface area (TPSA) is 124 Å². The monoisotopic (exact) mass is 342 g/mol. The van der Waals surface area contributed by atoms with Gasteiger partial charge in [-0.05, 0) is 25.0 Å². The van der Waals surface area contributed by atoms with Gasteiger partial charge in [0, 0.05) is 23.8 Å². The predicted molar refractivity (Wildman–Crippen MR) is 84.3 cm³/mol. The van der Waals surface area contributed by atoms with Crippen molar-refractivity contribution >= 4 is 11.6 Å². The molecule has 7 nitrogen and oxygen atoms in total. The van der Waals surface area contributed by atoms with Crippen LogP contribution in [0.5, 0.6) is 23.0 Å². The van der Waals surface area contributed by atoms with Crippen molar-refractivity contribution in [2.24, 2.45) is 0 Å². The van der Waals surface area contributed by atoms with Crippen LogP contribution in [-0.4, -0.2) is 38.6 Å². The van der Waals surface area contributed by atoms with Gasteiger partial charge >= 0.3 is 0 Å². The zero-order valence-electron chi connectivity index (χ0n) is 12.9. The summed E-state index contributed by atoms with van der Waals surface area (Å²) in [4.78, 5) is 25.5. The number of carbonyl (C=O) groups excluding carboxylic acids is 2. The lowest BCUT2D eigenvalue weighted by molar-refractivity contribution is 0.0965. The molecule has 1 aliphatic carbocycles. The van der Waals surface area contributed by atoms with Gasteiger partial charge in [-0.25, -0.2) is 0 Å². The molecule has 0 saturated carbocycles. The molecule has 128 valence electrons. The number of aromatic hydroxyl groups is 4. The van der Waals surface area contributed by atoms with Crippen molar-refractivity contribution < 1.29 is 34.8 Å². The molecule has 4 rings (SSSR count). The first kappa shape index (κ1) is 15.5. The molecule has 1 aliphatic heterocycles. The van der Waals surface area contributed by atoms with Crippen molar-refractivity contribution in [2.45, 2.75) is 18.9 Å². The van der Waals surface area contributed by atoms with E-state index >= 15 is 0 Å². The molecular formula is C18H14O7. The van der Waals surface area contributed by atoms with Crippen LogP contribution >= 0.6 is 0 Å². The Bertz CT molecular complexity index is 939. The van der Waals surface area contributed by atoms with Crippen molar-refractivity contribution in [3.63, 3.8) is 0 Å². The molecule has 2 aromatic carbocycles. The third kappa shape index (κ3) is 2.09. The quantitative estimate of drug-likeness (QED) is 0.534. The van der Waals surface area contributed by atoms with Crippen LogP contribution in [0.3, 0.4) is 0 Å². The largest absolute Gasteiger partial charge is 0.508 e. The van der Waals surface area contributed by atoms with Crippen LogP contribution in [0.25, 0.3) is 0 Å². The summed E-state index contributed by atoms with van der Waals surface area (Å²) in [5.74, 6) is -3.20.